The second-order valence-electron chi connectivity index (χ2n) is 3.29. The van der Waals surface area contributed by atoms with Gasteiger partial charge in [0.1, 0.15) is 5.60 Å². The monoisotopic (exact) mass is 299 g/mol. The molecule has 1 unspecified atom stereocenters. The molecule has 0 spiro atoms. The first kappa shape index (κ1) is 10.5. The summed E-state index contributed by atoms with van der Waals surface area (Å²) in [6, 6.07) is 0.306. The topological polar surface area (TPSA) is 48.2 Å². The molecular weight excluding hydrogens is 290 g/mol. The number of hydrogen-bond acceptors (Lipinski definition) is 3. The van der Waals surface area contributed by atoms with Crippen LogP contribution < -0.4 is 5.32 Å². The highest BCUT2D eigenvalue weighted by molar-refractivity contribution is 9.25. The zero-order valence-electron chi connectivity index (χ0n) is 6.93. The van der Waals surface area contributed by atoms with Crippen molar-refractivity contribution in [2.24, 2.45) is 0 Å². The van der Waals surface area contributed by atoms with Gasteiger partial charge < -0.3 is 10.1 Å². The Labute approximate surface area is 88.5 Å². The first-order valence-electron chi connectivity index (χ1n) is 3.68. The molecule has 70 valence electrons. The van der Waals surface area contributed by atoms with Gasteiger partial charge in [-0.1, -0.05) is 31.9 Å². The average molecular weight is 301 g/mol. The quantitative estimate of drug-likeness (QED) is 0.487. The van der Waals surface area contributed by atoms with E-state index in [0.29, 0.717) is 6.04 Å². The molecule has 0 aromatic heterocycles. The van der Waals surface area contributed by atoms with Gasteiger partial charge in [-0.3, -0.25) is 0 Å². The van der Waals surface area contributed by atoms with E-state index in [2.05, 4.69) is 37.2 Å². The van der Waals surface area contributed by atoms with Crippen molar-refractivity contribution in [1.82, 2.24) is 5.32 Å². The van der Waals surface area contributed by atoms with Gasteiger partial charge >= 0.3 is 5.97 Å². The molecule has 1 aliphatic heterocycles. The fourth-order valence-corrected chi connectivity index (χ4v) is 1.11. The predicted molar refractivity (Wildman–Crippen MR) is 53.6 cm³/mol. The molecule has 1 aliphatic rings. The van der Waals surface area contributed by atoms with Crippen molar-refractivity contribution < 1.29 is 9.53 Å². The van der Waals surface area contributed by atoms with E-state index in [-0.39, 0.29) is 5.97 Å². The predicted octanol–water partition coefficient (Wildman–Crippen LogP) is 1.40. The molecule has 12 heavy (non-hydrogen) atoms. The Bertz CT molecular complexity index is 190. The van der Waals surface area contributed by atoms with E-state index in [0.717, 1.165) is 6.54 Å². The van der Waals surface area contributed by atoms with Crippen LogP contribution in [-0.2, 0) is 9.53 Å². The SMILES string of the molecule is CC(C)(OC(=O)C(Br)Br)C1CN1. The first-order chi connectivity index (χ1) is 5.43. The zero-order chi connectivity index (χ0) is 9.35. The molecule has 0 amide bonds. The third kappa shape index (κ3) is 2.71. The summed E-state index contributed by atoms with van der Waals surface area (Å²) in [6.45, 7) is 4.73. The molecule has 0 aliphatic carbocycles. The molecule has 0 radical (unpaired) electrons. The summed E-state index contributed by atoms with van der Waals surface area (Å²) in [5.74, 6) is -0.284. The lowest BCUT2D eigenvalue weighted by molar-refractivity contribution is -0.153. The van der Waals surface area contributed by atoms with E-state index in [1.54, 1.807) is 0 Å². The number of alkyl halides is 2. The normalized spacial score (nSPS) is 22.6. The minimum absolute atomic E-state index is 0.284. The van der Waals surface area contributed by atoms with E-state index in [9.17, 15) is 4.79 Å². The van der Waals surface area contributed by atoms with Gasteiger partial charge in [-0.05, 0) is 13.8 Å². The Balaban J connectivity index is 2.43. The molecular formula is C7H11Br2NO2. The van der Waals surface area contributed by atoms with E-state index < -0.39 is 9.34 Å². The van der Waals surface area contributed by atoms with Crippen LogP contribution in [0.15, 0.2) is 0 Å². The van der Waals surface area contributed by atoms with Crippen LogP contribution in [0, 0.1) is 0 Å². The van der Waals surface area contributed by atoms with E-state index in [4.69, 9.17) is 4.74 Å². The highest BCUT2D eigenvalue weighted by Crippen LogP contribution is 2.23. The Morgan fingerprint density at radius 1 is 1.67 bits per heavy atom. The smallest absolute Gasteiger partial charge is 0.331 e. The summed E-state index contributed by atoms with van der Waals surface area (Å²) >= 11 is 6.17. The molecule has 1 atom stereocenters. The maximum Gasteiger partial charge on any atom is 0.331 e. The van der Waals surface area contributed by atoms with Crippen LogP contribution in [0.25, 0.3) is 0 Å². The van der Waals surface area contributed by atoms with Gasteiger partial charge in [-0.25, -0.2) is 4.79 Å². The molecule has 1 heterocycles. The number of ether oxygens (including phenoxy) is 1. The fraction of sp³-hybridized carbons (Fsp3) is 0.857. The highest BCUT2D eigenvalue weighted by Gasteiger charge is 2.41. The van der Waals surface area contributed by atoms with Crippen LogP contribution in [0.1, 0.15) is 13.8 Å². The Morgan fingerprint density at radius 2 is 2.17 bits per heavy atom. The third-order valence-corrected chi connectivity index (χ3v) is 2.54. The molecule has 0 bridgehead atoms. The molecule has 1 saturated heterocycles. The number of carbonyl (C=O) groups is 1. The van der Waals surface area contributed by atoms with E-state index in [1.807, 2.05) is 13.8 Å². The van der Waals surface area contributed by atoms with Crippen molar-refractivity contribution in [2.75, 3.05) is 6.54 Å². The largest absolute Gasteiger partial charge is 0.456 e. The summed E-state index contributed by atoms with van der Waals surface area (Å²) in [6.07, 6.45) is 0. The van der Waals surface area contributed by atoms with Gasteiger partial charge in [0, 0.05) is 6.54 Å². The van der Waals surface area contributed by atoms with Gasteiger partial charge in [0.15, 0.2) is 3.74 Å². The summed E-state index contributed by atoms with van der Waals surface area (Å²) in [7, 11) is 0. The second kappa shape index (κ2) is 3.64. The molecule has 1 rings (SSSR count). The van der Waals surface area contributed by atoms with Gasteiger partial charge in [0.25, 0.3) is 0 Å². The molecule has 1 fully saturated rings. The minimum Gasteiger partial charge on any atom is -0.456 e. The van der Waals surface area contributed by atoms with Gasteiger partial charge in [0.2, 0.25) is 0 Å². The number of hydrogen-bond donors (Lipinski definition) is 1. The lowest BCUT2D eigenvalue weighted by Gasteiger charge is -2.24. The van der Waals surface area contributed by atoms with Gasteiger partial charge in [-0.15, -0.1) is 0 Å². The fourth-order valence-electron chi connectivity index (χ4n) is 0.925. The van der Waals surface area contributed by atoms with Crippen LogP contribution in [0.5, 0.6) is 0 Å². The summed E-state index contributed by atoms with van der Waals surface area (Å²) < 4.78 is 4.81. The molecule has 1 N–H and O–H groups in total. The van der Waals surface area contributed by atoms with Crippen LogP contribution in [0.4, 0.5) is 0 Å². The Kier molecular flexibility index (Phi) is 3.17. The summed E-state index contributed by atoms with van der Waals surface area (Å²) in [5.41, 5.74) is -0.406. The van der Waals surface area contributed by atoms with E-state index in [1.165, 1.54) is 0 Å². The summed E-state index contributed by atoms with van der Waals surface area (Å²) in [4.78, 5) is 11.1. The minimum atomic E-state index is -0.414. The third-order valence-electron chi connectivity index (χ3n) is 1.79. The number of halogens is 2. The Hall–Kier alpha value is 0.390. The number of carbonyl (C=O) groups excluding carboxylic acids is 1. The first-order valence-corrected chi connectivity index (χ1v) is 5.51. The van der Waals surface area contributed by atoms with Crippen molar-refractivity contribution in [3.05, 3.63) is 0 Å². The zero-order valence-corrected chi connectivity index (χ0v) is 10.1. The van der Waals surface area contributed by atoms with Gasteiger partial charge in [-0.2, -0.15) is 0 Å². The van der Waals surface area contributed by atoms with Crippen LogP contribution >= 0.6 is 31.9 Å². The maximum absolute atomic E-state index is 11.1. The van der Waals surface area contributed by atoms with Crippen molar-refractivity contribution in [3.8, 4) is 0 Å². The summed E-state index contributed by atoms with van der Waals surface area (Å²) in [5, 5.41) is 3.11. The van der Waals surface area contributed by atoms with E-state index >= 15 is 0 Å². The second-order valence-corrected chi connectivity index (χ2v) is 6.35. The number of esters is 1. The van der Waals surface area contributed by atoms with Crippen molar-refractivity contribution in [2.45, 2.75) is 29.2 Å². The lowest BCUT2D eigenvalue weighted by Crippen LogP contribution is -2.37. The molecule has 0 saturated carbocycles. The van der Waals surface area contributed by atoms with Crippen molar-refractivity contribution in [3.63, 3.8) is 0 Å². The van der Waals surface area contributed by atoms with Gasteiger partial charge in [0.05, 0.1) is 6.04 Å². The number of nitrogens with one attached hydrogen (secondary N) is 1. The van der Waals surface area contributed by atoms with Crippen LogP contribution in [-0.4, -0.2) is 27.9 Å². The maximum atomic E-state index is 11.1. The van der Waals surface area contributed by atoms with Crippen molar-refractivity contribution in [1.29, 1.82) is 0 Å². The van der Waals surface area contributed by atoms with Crippen LogP contribution in [0.3, 0.4) is 0 Å². The Morgan fingerprint density at radius 3 is 2.50 bits per heavy atom. The molecule has 5 heteroatoms. The van der Waals surface area contributed by atoms with Crippen molar-refractivity contribution >= 4 is 37.8 Å². The molecule has 3 nitrogen and oxygen atoms in total. The molecule has 0 aromatic carbocycles. The van der Waals surface area contributed by atoms with Crippen LogP contribution in [0.2, 0.25) is 0 Å². The molecule has 0 aromatic rings. The highest BCUT2D eigenvalue weighted by atomic mass is 79.9. The standard InChI is InChI=1S/C7H11Br2NO2/c1-7(2,4-3-10-4)12-6(11)5(8)9/h4-5,10H,3H2,1-2H3. The average Bonchev–Trinajstić information content (AvgIpc) is 2.65. The number of rotatable bonds is 3. The lowest BCUT2D eigenvalue weighted by atomic mass is 10.1.